The Labute approximate surface area is 139 Å². The van der Waals surface area contributed by atoms with Crippen molar-refractivity contribution in [3.05, 3.63) is 28.8 Å². The van der Waals surface area contributed by atoms with Crippen molar-refractivity contribution in [2.45, 2.75) is 26.8 Å². The number of amides is 3. The third-order valence-corrected chi connectivity index (χ3v) is 2.75. The molecule has 0 aliphatic rings. The van der Waals surface area contributed by atoms with Gasteiger partial charge in [0.25, 0.3) is 5.91 Å². The molecule has 7 nitrogen and oxygen atoms in total. The molecule has 3 amide bonds. The third-order valence-electron chi connectivity index (χ3n) is 2.52. The lowest BCUT2D eigenvalue weighted by molar-refractivity contribution is -0.150. The number of carbonyl (C=O) groups is 3. The Morgan fingerprint density at radius 3 is 2.52 bits per heavy atom. The van der Waals surface area contributed by atoms with E-state index in [0.717, 1.165) is 5.56 Å². The van der Waals surface area contributed by atoms with E-state index in [1.165, 1.54) is 0 Å². The fourth-order valence-electron chi connectivity index (χ4n) is 1.56. The van der Waals surface area contributed by atoms with Crippen molar-refractivity contribution in [3.8, 4) is 5.75 Å². The number of halogens is 1. The highest BCUT2D eigenvalue weighted by Crippen LogP contribution is 2.21. The molecule has 0 aliphatic heterocycles. The van der Waals surface area contributed by atoms with Gasteiger partial charge in [-0.15, -0.1) is 0 Å². The molecule has 0 atom stereocenters. The van der Waals surface area contributed by atoms with Gasteiger partial charge in [0.2, 0.25) is 0 Å². The first-order chi connectivity index (χ1) is 10.8. The Hall–Kier alpha value is -2.28. The number of nitrogens with one attached hydrogen (secondary N) is 2. The molecule has 0 unspecified atom stereocenters. The fourth-order valence-corrected chi connectivity index (χ4v) is 1.79. The molecular weight excluding hydrogens is 324 g/mol. The minimum absolute atomic E-state index is 0.110. The second-order valence-corrected chi connectivity index (χ2v) is 5.47. The van der Waals surface area contributed by atoms with Gasteiger partial charge in [-0.1, -0.05) is 11.6 Å². The highest BCUT2D eigenvalue weighted by molar-refractivity contribution is 6.30. The van der Waals surface area contributed by atoms with E-state index in [-0.39, 0.29) is 12.6 Å². The minimum atomic E-state index is -0.723. The fraction of sp³-hybridized carbons (Fsp3) is 0.400. The van der Waals surface area contributed by atoms with Crippen molar-refractivity contribution < 1.29 is 23.9 Å². The molecule has 126 valence electrons. The Morgan fingerprint density at radius 1 is 1.22 bits per heavy atom. The Balaban J connectivity index is 2.31. The minimum Gasteiger partial charge on any atom is -0.482 e. The lowest BCUT2D eigenvalue weighted by Gasteiger charge is -2.10. The van der Waals surface area contributed by atoms with Gasteiger partial charge < -0.3 is 14.8 Å². The zero-order valence-corrected chi connectivity index (χ0v) is 13.9. The van der Waals surface area contributed by atoms with Crippen LogP contribution < -0.4 is 15.4 Å². The normalized spacial score (nSPS) is 10.1. The van der Waals surface area contributed by atoms with Crippen LogP contribution >= 0.6 is 11.6 Å². The molecule has 0 aromatic heterocycles. The quantitative estimate of drug-likeness (QED) is 0.769. The highest BCUT2D eigenvalue weighted by Gasteiger charge is 2.12. The van der Waals surface area contributed by atoms with Gasteiger partial charge in [0.15, 0.2) is 13.2 Å². The second-order valence-electron chi connectivity index (χ2n) is 5.04. The summed E-state index contributed by atoms with van der Waals surface area (Å²) in [4.78, 5) is 34.2. The maximum atomic E-state index is 11.5. The smallest absolute Gasteiger partial charge is 0.344 e. The van der Waals surface area contributed by atoms with Crippen LogP contribution in [0, 0.1) is 6.92 Å². The van der Waals surface area contributed by atoms with Gasteiger partial charge in [0.1, 0.15) is 5.75 Å². The van der Waals surface area contributed by atoms with Crippen molar-refractivity contribution in [2.24, 2.45) is 0 Å². The van der Waals surface area contributed by atoms with Crippen molar-refractivity contribution >= 4 is 29.5 Å². The lowest BCUT2D eigenvalue weighted by Crippen LogP contribution is -2.44. The first-order valence-corrected chi connectivity index (χ1v) is 7.30. The van der Waals surface area contributed by atoms with Gasteiger partial charge in [-0.05, 0) is 44.5 Å². The molecule has 0 aliphatic carbocycles. The highest BCUT2D eigenvalue weighted by atomic mass is 35.5. The van der Waals surface area contributed by atoms with Crippen LogP contribution in [0.1, 0.15) is 19.4 Å². The predicted molar refractivity (Wildman–Crippen MR) is 84.5 cm³/mol. The largest absolute Gasteiger partial charge is 0.482 e. The van der Waals surface area contributed by atoms with Crippen LogP contribution in [-0.4, -0.2) is 37.2 Å². The lowest BCUT2D eigenvalue weighted by atomic mass is 10.2. The van der Waals surface area contributed by atoms with E-state index in [2.05, 4.69) is 5.32 Å². The van der Waals surface area contributed by atoms with Crippen LogP contribution in [0.4, 0.5) is 4.79 Å². The summed E-state index contributed by atoms with van der Waals surface area (Å²) >= 11 is 5.81. The summed E-state index contributed by atoms with van der Waals surface area (Å²) < 4.78 is 9.99. The Bertz CT molecular complexity index is 589. The first kappa shape index (κ1) is 18.8. The van der Waals surface area contributed by atoms with Gasteiger partial charge in [-0.25, -0.2) is 9.59 Å². The molecule has 2 N–H and O–H groups in total. The van der Waals surface area contributed by atoms with Gasteiger partial charge >= 0.3 is 12.0 Å². The zero-order valence-electron chi connectivity index (χ0n) is 13.1. The van der Waals surface area contributed by atoms with Crippen LogP contribution in [0.3, 0.4) is 0 Å². The van der Waals surface area contributed by atoms with Gasteiger partial charge in [0.05, 0.1) is 0 Å². The molecule has 23 heavy (non-hydrogen) atoms. The number of benzene rings is 1. The number of hydrogen-bond donors (Lipinski definition) is 2. The molecule has 0 saturated heterocycles. The molecule has 0 radical (unpaired) electrons. The van der Waals surface area contributed by atoms with Crippen LogP contribution in [0.5, 0.6) is 5.75 Å². The number of aryl methyl sites for hydroxylation is 1. The van der Waals surface area contributed by atoms with E-state index >= 15 is 0 Å². The van der Waals surface area contributed by atoms with Crippen molar-refractivity contribution in [3.63, 3.8) is 0 Å². The van der Waals surface area contributed by atoms with E-state index < -0.39 is 24.5 Å². The van der Waals surface area contributed by atoms with Crippen molar-refractivity contribution in [2.75, 3.05) is 13.2 Å². The van der Waals surface area contributed by atoms with Crippen molar-refractivity contribution in [1.82, 2.24) is 10.6 Å². The van der Waals surface area contributed by atoms with E-state index in [1.54, 1.807) is 39.0 Å². The summed E-state index contributed by atoms with van der Waals surface area (Å²) in [5.41, 5.74) is 0.772. The molecule has 1 aromatic rings. The number of ether oxygens (including phenoxy) is 2. The topological polar surface area (TPSA) is 93.7 Å². The van der Waals surface area contributed by atoms with Crippen LogP contribution in [0.15, 0.2) is 18.2 Å². The second kappa shape index (κ2) is 8.99. The van der Waals surface area contributed by atoms with E-state index in [0.29, 0.717) is 10.8 Å². The van der Waals surface area contributed by atoms with Crippen LogP contribution in [0.25, 0.3) is 0 Å². The Morgan fingerprint density at radius 2 is 1.91 bits per heavy atom. The monoisotopic (exact) mass is 342 g/mol. The third kappa shape index (κ3) is 7.51. The van der Waals surface area contributed by atoms with E-state index in [9.17, 15) is 14.4 Å². The molecule has 1 aromatic carbocycles. The average Bonchev–Trinajstić information content (AvgIpc) is 2.43. The molecule has 0 spiro atoms. The number of imide groups is 1. The number of rotatable bonds is 6. The van der Waals surface area contributed by atoms with Gasteiger partial charge in [-0.2, -0.15) is 0 Å². The maximum Gasteiger partial charge on any atom is 0.344 e. The van der Waals surface area contributed by atoms with E-state index in [4.69, 9.17) is 21.1 Å². The summed E-state index contributed by atoms with van der Waals surface area (Å²) in [7, 11) is 0. The molecule has 0 heterocycles. The first-order valence-electron chi connectivity index (χ1n) is 6.93. The number of carbonyl (C=O) groups excluding carboxylic acids is 3. The number of urea groups is 1. The van der Waals surface area contributed by atoms with Crippen LogP contribution in [0.2, 0.25) is 5.02 Å². The summed E-state index contributed by atoms with van der Waals surface area (Å²) in [6.07, 6.45) is 0. The van der Waals surface area contributed by atoms with Gasteiger partial charge in [0, 0.05) is 11.1 Å². The number of esters is 1. The van der Waals surface area contributed by atoms with E-state index in [1.807, 2.05) is 5.32 Å². The predicted octanol–water partition coefficient (Wildman–Crippen LogP) is 1.80. The summed E-state index contributed by atoms with van der Waals surface area (Å²) in [6, 6.07) is 4.21. The van der Waals surface area contributed by atoms with Crippen molar-refractivity contribution in [1.29, 1.82) is 0 Å². The molecule has 0 bridgehead atoms. The standard InChI is InChI=1S/C15H19ClN2O5/c1-9(2)17-15(21)18-13(19)7-23-14(20)8-22-12-5-4-11(16)6-10(12)3/h4-6,9H,7-8H2,1-3H3,(H2,17,18,19,21). The Kier molecular flexibility index (Phi) is 7.34. The molecule has 0 saturated carbocycles. The van der Waals surface area contributed by atoms with Crippen LogP contribution in [-0.2, 0) is 14.3 Å². The SMILES string of the molecule is Cc1cc(Cl)ccc1OCC(=O)OCC(=O)NC(=O)NC(C)C. The molecule has 8 heteroatoms. The number of hydrogen-bond acceptors (Lipinski definition) is 5. The summed E-state index contributed by atoms with van der Waals surface area (Å²) in [5, 5.41) is 5.07. The average molecular weight is 343 g/mol. The summed E-state index contributed by atoms with van der Waals surface area (Å²) in [6.45, 7) is 4.37. The zero-order chi connectivity index (χ0) is 17.4. The molecule has 0 fully saturated rings. The summed E-state index contributed by atoms with van der Waals surface area (Å²) in [5.74, 6) is -0.954. The maximum absolute atomic E-state index is 11.5. The van der Waals surface area contributed by atoms with Gasteiger partial charge in [-0.3, -0.25) is 10.1 Å². The molecule has 1 rings (SSSR count). The molecular formula is C15H19ClN2O5.